The molecule has 2 atom stereocenters. The van der Waals surface area contributed by atoms with Gasteiger partial charge in [-0.3, -0.25) is 0 Å². The SMILES string of the molecule is CCCNC(c1cc(F)ccc1C)C1COCCO1. The second-order valence-electron chi connectivity index (χ2n) is 4.92. The number of hydrogen-bond acceptors (Lipinski definition) is 3. The summed E-state index contributed by atoms with van der Waals surface area (Å²) in [7, 11) is 0. The zero-order valence-electron chi connectivity index (χ0n) is 11.6. The van der Waals surface area contributed by atoms with Crippen LogP contribution in [-0.4, -0.2) is 32.5 Å². The van der Waals surface area contributed by atoms with Crippen LogP contribution in [0, 0.1) is 12.7 Å². The number of nitrogens with one attached hydrogen (secondary N) is 1. The summed E-state index contributed by atoms with van der Waals surface area (Å²) in [6, 6.07) is 4.89. The Hall–Kier alpha value is -0.970. The van der Waals surface area contributed by atoms with Crippen molar-refractivity contribution in [1.82, 2.24) is 5.32 Å². The fourth-order valence-electron chi connectivity index (χ4n) is 2.39. The van der Waals surface area contributed by atoms with E-state index < -0.39 is 0 Å². The highest BCUT2D eigenvalue weighted by Gasteiger charge is 2.27. The molecule has 1 aromatic carbocycles. The summed E-state index contributed by atoms with van der Waals surface area (Å²) in [5.74, 6) is -0.208. The molecule has 0 spiro atoms. The lowest BCUT2D eigenvalue weighted by Gasteiger charge is -2.32. The maximum Gasteiger partial charge on any atom is 0.123 e. The van der Waals surface area contributed by atoms with Gasteiger partial charge >= 0.3 is 0 Å². The van der Waals surface area contributed by atoms with Crippen molar-refractivity contribution in [3.05, 3.63) is 35.1 Å². The minimum Gasteiger partial charge on any atom is -0.376 e. The van der Waals surface area contributed by atoms with Gasteiger partial charge < -0.3 is 14.8 Å². The third kappa shape index (κ3) is 3.75. The van der Waals surface area contributed by atoms with Gasteiger partial charge in [-0.05, 0) is 43.1 Å². The van der Waals surface area contributed by atoms with E-state index in [0.717, 1.165) is 24.1 Å². The highest BCUT2D eigenvalue weighted by atomic mass is 19.1. The first-order valence-electron chi connectivity index (χ1n) is 6.91. The summed E-state index contributed by atoms with van der Waals surface area (Å²) in [6.07, 6.45) is 0.971. The molecule has 1 aromatic rings. The Balaban J connectivity index is 2.22. The lowest BCUT2D eigenvalue weighted by molar-refractivity contribution is -0.102. The van der Waals surface area contributed by atoms with Crippen LogP contribution in [0.1, 0.15) is 30.5 Å². The Morgan fingerprint density at radius 1 is 1.42 bits per heavy atom. The van der Waals surface area contributed by atoms with Gasteiger partial charge in [-0.1, -0.05) is 13.0 Å². The normalized spacial score (nSPS) is 21.3. The van der Waals surface area contributed by atoms with Crippen LogP contribution in [0.2, 0.25) is 0 Å². The maximum atomic E-state index is 13.5. The molecule has 1 heterocycles. The summed E-state index contributed by atoms with van der Waals surface area (Å²) in [6.45, 7) is 6.78. The van der Waals surface area contributed by atoms with Crippen molar-refractivity contribution in [1.29, 1.82) is 0 Å². The van der Waals surface area contributed by atoms with Gasteiger partial charge in [-0.25, -0.2) is 4.39 Å². The van der Waals surface area contributed by atoms with Gasteiger partial charge in [0.05, 0.1) is 25.9 Å². The zero-order valence-corrected chi connectivity index (χ0v) is 11.6. The van der Waals surface area contributed by atoms with Crippen LogP contribution in [0.5, 0.6) is 0 Å². The molecule has 1 aliphatic heterocycles. The summed E-state index contributed by atoms with van der Waals surface area (Å²) < 4.78 is 24.7. The molecular weight excluding hydrogens is 245 g/mol. The lowest BCUT2D eigenvalue weighted by atomic mass is 9.96. The highest BCUT2D eigenvalue weighted by molar-refractivity contribution is 5.30. The Bertz CT molecular complexity index is 405. The minimum absolute atomic E-state index is 0.0176. The lowest BCUT2D eigenvalue weighted by Crippen LogP contribution is -2.41. The third-order valence-electron chi connectivity index (χ3n) is 3.40. The van der Waals surface area contributed by atoms with E-state index in [0.29, 0.717) is 19.8 Å². The van der Waals surface area contributed by atoms with Crippen LogP contribution in [-0.2, 0) is 9.47 Å². The molecule has 1 fully saturated rings. The highest BCUT2D eigenvalue weighted by Crippen LogP contribution is 2.25. The molecule has 0 bridgehead atoms. The van der Waals surface area contributed by atoms with E-state index in [1.165, 1.54) is 6.07 Å². The molecule has 0 saturated carbocycles. The zero-order chi connectivity index (χ0) is 13.7. The van der Waals surface area contributed by atoms with Crippen LogP contribution in [0.25, 0.3) is 0 Å². The van der Waals surface area contributed by atoms with Crippen LogP contribution >= 0.6 is 0 Å². The van der Waals surface area contributed by atoms with E-state index in [9.17, 15) is 4.39 Å². The second kappa shape index (κ2) is 6.98. The predicted molar refractivity (Wildman–Crippen MR) is 72.7 cm³/mol. The van der Waals surface area contributed by atoms with Gasteiger partial charge in [0.1, 0.15) is 11.9 Å². The Morgan fingerprint density at radius 2 is 2.26 bits per heavy atom. The molecule has 106 valence electrons. The molecule has 1 aliphatic rings. The largest absolute Gasteiger partial charge is 0.376 e. The Labute approximate surface area is 114 Å². The van der Waals surface area contributed by atoms with E-state index in [-0.39, 0.29) is 18.0 Å². The van der Waals surface area contributed by atoms with Crippen molar-refractivity contribution in [3.8, 4) is 0 Å². The number of halogens is 1. The molecule has 0 amide bonds. The van der Waals surface area contributed by atoms with Gasteiger partial charge in [-0.15, -0.1) is 0 Å². The number of benzene rings is 1. The first-order chi connectivity index (χ1) is 9.22. The van der Waals surface area contributed by atoms with Gasteiger partial charge in [0.15, 0.2) is 0 Å². The van der Waals surface area contributed by atoms with Crippen molar-refractivity contribution in [2.75, 3.05) is 26.4 Å². The fourth-order valence-corrected chi connectivity index (χ4v) is 2.39. The van der Waals surface area contributed by atoms with E-state index in [4.69, 9.17) is 9.47 Å². The number of hydrogen-bond donors (Lipinski definition) is 1. The number of ether oxygens (including phenoxy) is 2. The second-order valence-corrected chi connectivity index (χ2v) is 4.92. The molecule has 0 aliphatic carbocycles. The van der Waals surface area contributed by atoms with Crippen molar-refractivity contribution >= 4 is 0 Å². The third-order valence-corrected chi connectivity index (χ3v) is 3.40. The summed E-state index contributed by atoms with van der Waals surface area (Å²) in [5.41, 5.74) is 2.04. The fraction of sp³-hybridized carbons (Fsp3) is 0.600. The molecule has 2 rings (SSSR count). The van der Waals surface area contributed by atoms with Gasteiger partial charge in [-0.2, -0.15) is 0 Å². The molecule has 4 heteroatoms. The van der Waals surface area contributed by atoms with E-state index in [1.807, 2.05) is 13.0 Å². The molecule has 3 nitrogen and oxygen atoms in total. The summed E-state index contributed by atoms with van der Waals surface area (Å²) >= 11 is 0. The van der Waals surface area contributed by atoms with Crippen LogP contribution in [0.3, 0.4) is 0 Å². The molecule has 0 radical (unpaired) electrons. The van der Waals surface area contributed by atoms with Gasteiger partial charge in [0.2, 0.25) is 0 Å². The van der Waals surface area contributed by atoms with E-state index in [1.54, 1.807) is 6.07 Å². The average Bonchev–Trinajstić information content (AvgIpc) is 2.44. The molecule has 1 N–H and O–H groups in total. The number of aryl methyl sites for hydroxylation is 1. The Morgan fingerprint density at radius 3 is 2.95 bits per heavy atom. The predicted octanol–water partition coefficient (Wildman–Crippen LogP) is 2.59. The molecular formula is C15H22FNO2. The van der Waals surface area contributed by atoms with Crippen LogP contribution < -0.4 is 5.32 Å². The first kappa shape index (κ1) is 14.4. The number of rotatable bonds is 5. The van der Waals surface area contributed by atoms with Gasteiger partial charge in [0, 0.05) is 0 Å². The van der Waals surface area contributed by atoms with E-state index >= 15 is 0 Å². The summed E-state index contributed by atoms with van der Waals surface area (Å²) in [4.78, 5) is 0. The van der Waals surface area contributed by atoms with Crippen LogP contribution in [0.15, 0.2) is 18.2 Å². The molecule has 2 unspecified atom stereocenters. The maximum absolute atomic E-state index is 13.5. The van der Waals surface area contributed by atoms with Crippen molar-refractivity contribution in [2.45, 2.75) is 32.4 Å². The molecule has 1 saturated heterocycles. The molecule has 19 heavy (non-hydrogen) atoms. The monoisotopic (exact) mass is 267 g/mol. The van der Waals surface area contributed by atoms with Crippen molar-refractivity contribution in [2.24, 2.45) is 0 Å². The Kier molecular flexibility index (Phi) is 5.31. The van der Waals surface area contributed by atoms with Crippen molar-refractivity contribution in [3.63, 3.8) is 0 Å². The van der Waals surface area contributed by atoms with E-state index in [2.05, 4.69) is 12.2 Å². The summed E-state index contributed by atoms with van der Waals surface area (Å²) in [5, 5.41) is 3.45. The average molecular weight is 267 g/mol. The quantitative estimate of drug-likeness (QED) is 0.889. The first-order valence-corrected chi connectivity index (χ1v) is 6.91. The minimum atomic E-state index is -0.208. The topological polar surface area (TPSA) is 30.5 Å². The standard InChI is InChI=1S/C15H22FNO2/c1-3-6-17-15(14-10-18-7-8-19-14)13-9-12(16)5-4-11(13)2/h4-5,9,14-15,17H,3,6-8,10H2,1-2H3. The molecule has 0 aromatic heterocycles. The van der Waals surface area contributed by atoms with Crippen molar-refractivity contribution < 1.29 is 13.9 Å². The van der Waals surface area contributed by atoms with Gasteiger partial charge in [0.25, 0.3) is 0 Å². The van der Waals surface area contributed by atoms with Crippen LogP contribution in [0.4, 0.5) is 4.39 Å². The smallest absolute Gasteiger partial charge is 0.123 e.